The predicted octanol–water partition coefficient (Wildman–Crippen LogP) is 3.75. The van der Waals surface area contributed by atoms with E-state index in [-0.39, 0.29) is 11.6 Å². The Morgan fingerprint density at radius 1 is 1.18 bits per heavy atom. The van der Waals surface area contributed by atoms with Crippen LogP contribution in [0.2, 0.25) is 0 Å². The van der Waals surface area contributed by atoms with Crippen molar-refractivity contribution in [2.45, 2.75) is 25.6 Å². The fourth-order valence-corrected chi connectivity index (χ4v) is 2.95. The van der Waals surface area contributed by atoms with Crippen molar-refractivity contribution in [1.82, 2.24) is 4.98 Å². The van der Waals surface area contributed by atoms with Crippen LogP contribution in [0.1, 0.15) is 12.5 Å². The zero-order chi connectivity index (χ0) is 20.1. The molecule has 2 aromatic rings. The molecule has 0 amide bonds. The van der Waals surface area contributed by atoms with E-state index in [0.29, 0.717) is 11.3 Å². The number of anilines is 1. The molecule has 1 aromatic carbocycles. The summed E-state index contributed by atoms with van der Waals surface area (Å²) in [5.41, 5.74) is 1.99. The number of allylic oxidation sites excluding steroid dienone is 1. The zero-order valence-corrected chi connectivity index (χ0v) is 15.4. The fraction of sp³-hybridized carbons (Fsp3) is 0.190. The molecule has 0 aliphatic heterocycles. The molecule has 28 heavy (non-hydrogen) atoms. The Kier molecular flexibility index (Phi) is 5.19. The van der Waals surface area contributed by atoms with E-state index >= 15 is 0 Å². The van der Waals surface area contributed by atoms with Crippen molar-refractivity contribution in [2.75, 3.05) is 5.32 Å². The molecule has 1 aliphatic rings. The standard InChI is InChI=1S/C21H18N4O3/c1-14-3-5-15(6-4-14)17-9-10-24-20(19(17)26)25-16-7-8-18(27-12-22)21(2,11-16)28-13-23/h3-11,18,26H,1-2H3,(H,24,25). The normalized spacial score (nSPS) is 20.4. The van der Waals surface area contributed by atoms with E-state index in [1.54, 1.807) is 49.9 Å². The molecule has 140 valence electrons. The highest BCUT2D eigenvalue weighted by Gasteiger charge is 2.38. The van der Waals surface area contributed by atoms with Crippen LogP contribution in [0.3, 0.4) is 0 Å². The summed E-state index contributed by atoms with van der Waals surface area (Å²) in [4.78, 5) is 4.20. The van der Waals surface area contributed by atoms with Gasteiger partial charge in [0.25, 0.3) is 12.5 Å². The van der Waals surface area contributed by atoms with Crippen LogP contribution in [0.5, 0.6) is 5.75 Å². The third kappa shape index (κ3) is 3.74. The molecule has 3 rings (SSSR count). The second-order valence-electron chi connectivity index (χ2n) is 6.51. The van der Waals surface area contributed by atoms with E-state index < -0.39 is 11.7 Å². The van der Waals surface area contributed by atoms with Gasteiger partial charge in [-0.05, 0) is 43.7 Å². The van der Waals surface area contributed by atoms with Crippen molar-refractivity contribution in [3.05, 3.63) is 66.0 Å². The molecule has 2 unspecified atom stereocenters. The predicted molar refractivity (Wildman–Crippen MR) is 103 cm³/mol. The number of benzene rings is 1. The van der Waals surface area contributed by atoms with Crippen molar-refractivity contribution in [3.8, 4) is 29.4 Å². The third-order valence-electron chi connectivity index (χ3n) is 4.45. The van der Waals surface area contributed by atoms with Gasteiger partial charge in [0.2, 0.25) is 0 Å². The lowest BCUT2D eigenvalue weighted by Crippen LogP contribution is -2.41. The van der Waals surface area contributed by atoms with Gasteiger partial charge in [-0.3, -0.25) is 0 Å². The topological polar surface area (TPSA) is 111 Å². The number of rotatable bonds is 5. The minimum Gasteiger partial charge on any atom is -0.504 e. The van der Waals surface area contributed by atoms with Crippen molar-refractivity contribution >= 4 is 5.82 Å². The van der Waals surface area contributed by atoms with Gasteiger partial charge in [-0.15, -0.1) is 0 Å². The van der Waals surface area contributed by atoms with E-state index in [1.165, 1.54) is 0 Å². The Bertz CT molecular complexity index is 1020. The molecule has 0 bridgehead atoms. The smallest absolute Gasteiger partial charge is 0.287 e. The summed E-state index contributed by atoms with van der Waals surface area (Å²) in [5, 5.41) is 31.4. The molecule has 1 aliphatic carbocycles. The summed E-state index contributed by atoms with van der Waals surface area (Å²) in [5.74, 6) is 0.256. The molecular weight excluding hydrogens is 356 g/mol. The maximum atomic E-state index is 10.7. The Hall–Kier alpha value is -3.97. The third-order valence-corrected chi connectivity index (χ3v) is 4.45. The van der Waals surface area contributed by atoms with E-state index in [2.05, 4.69) is 10.3 Å². The highest BCUT2D eigenvalue weighted by molar-refractivity contribution is 5.76. The van der Waals surface area contributed by atoms with Crippen molar-refractivity contribution in [1.29, 1.82) is 10.5 Å². The molecule has 2 atom stereocenters. The largest absolute Gasteiger partial charge is 0.504 e. The molecule has 7 nitrogen and oxygen atoms in total. The highest BCUT2D eigenvalue weighted by atomic mass is 16.5. The van der Waals surface area contributed by atoms with Crippen molar-refractivity contribution in [3.63, 3.8) is 0 Å². The summed E-state index contributed by atoms with van der Waals surface area (Å²) >= 11 is 0. The first-order chi connectivity index (χ1) is 13.5. The molecule has 1 aromatic heterocycles. The molecule has 0 fully saturated rings. The van der Waals surface area contributed by atoms with Gasteiger partial charge in [-0.25, -0.2) is 4.98 Å². The Balaban J connectivity index is 1.91. The van der Waals surface area contributed by atoms with Crippen molar-refractivity contribution in [2.24, 2.45) is 0 Å². The van der Waals surface area contributed by atoms with Crippen LogP contribution in [-0.2, 0) is 9.47 Å². The van der Waals surface area contributed by atoms with E-state index in [1.807, 2.05) is 31.2 Å². The number of hydrogen-bond acceptors (Lipinski definition) is 7. The Morgan fingerprint density at radius 2 is 1.93 bits per heavy atom. The quantitative estimate of drug-likeness (QED) is 0.767. The van der Waals surface area contributed by atoms with Crippen LogP contribution >= 0.6 is 0 Å². The van der Waals surface area contributed by atoms with E-state index in [9.17, 15) is 5.11 Å². The Morgan fingerprint density at radius 3 is 2.61 bits per heavy atom. The van der Waals surface area contributed by atoms with Crippen LogP contribution in [0, 0.1) is 30.0 Å². The zero-order valence-electron chi connectivity index (χ0n) is 15.4. The molecule has 0 radical (unpaired) electrons. The van der Waals surface area contributed by atoms with Crippen LogP contribution in [0.25, 0.3) is 11.1 Å². The second-order valence-corrected chi connectivity index (χ2v) is 6.51. The summed E-state index contributed by atoms with van der Waals surface area (Å²) in [7, 11) is 0. The number of aromatic nitrogens is 1. The summed E-state index contributed by atoms with van der Waals surface area (Å²) < 4.78 is 10.1. The lowest BCUT2D eigenvalue weighted by atomic mass is 9.92. The Labute approximate surface area is 162 Å². The summed E-state index contributed by atoms with van der Waals surface area (Å²) in [6.07, 6.45) is 8.98. The first kappa shape index (κ1) is 18.8. The highest BCUT2D eigenvalue weighted by Crippen LogP contribution is 2.35. The van der Waals surface area contributed by atoms with Gasteiger partial charge >= 0.3 is 0 Å². The van der Waals surface area contributed by atoms with Crippen LogP contribution in [-0.4, -0.2) is 21.8 Å². The van der Waals surface area contributed by atoms with Gasteiger partial charge in [0.05, 0.1) is 0 Å². The van der Waals surface area contributed by atoms with Crippen LogP contribution in [0.15, 0.2) is 60.5 Å². The van der Waals surface area contributed by atoms with Gasteiger partial charge in [-0.2, -0.15) is 10.5 Å². The van der Waals surface area contributed by atoms with Crippen molar-refractivity contribution < 1.29 is 14.6 Å². The molecule has 1 heterocycles. The van der Waals surface area contributed by atoms with E-state index in [4.69, 9.17) is 20.0 Å². The average Bonchev–Trinajstić information content (AvgIpc) is 2.67. The molecule has 2 N–H and O–H groups in total. The number of nitrogens with zero attached hydrogens (tertiary/aromatic N) is 3. The van der Waals surface area contributed by atoms with E-state index in [0.717, 1.165) is 11.1 Å². The average molecular weight is 374 g/mol. The molecular formula is C21H18N4O3. The maximum Gasteiger partial charge on any atom is 0.287 e. The molecule has 0 saturated carbocycles. The lowest BCUT2D eigenvalue weighted by Gasteiger charge is -2.31. The number of hydrogen-bond donors (Lipinski definition) is 2. The number of nitrogens with one attached hydrogen (secondary N) is 1. The minimum absolute atomic E-state index is 0.000967. The first-order valence-corrected chi connectivity index (χ1v) is 8.52. The molecule has 0 saturated heterocycles. The van der Waals surface area contributed by atoms with Crippen LogP contribution < -0.4 is 5.32 Å². The molecule has 0 spiro atoms. The second kappa shape index (κ2) is 7.73. The fourth-order valence-electron chi connectivity index (χ4n) is 2.95. The van der Waals surface area contributed by atoms with Gasteiger partial charge in [0.1, 0.15) is 0 Å². The first-order valence-electron chi connectivity index (χ1n) is 8.52. The lowest BCUT2D eigenvalue weighted by molar-refractivity contribution is -0.00606. The minimum atomic E-state index is -1.17. The van der Waals surface area contributed by atoms with Gasteiger partial charge in [0.15, 0.2) is 23.3 Å². The van der Waals surface area contributed by atoms with Gasteiger partial charge in [0, 0.05) is 17.5 Å². The number of pyridine rings is 1. The van der Waals surface area contributed by atoms with Crippen LogP contribution in [0.4, 0.5) is 5.82 Å². The van der Waals surface area contributed by atoms with Gasteiger partial charge in [-0.1, -0.05) is 29.8 Å². The number of aromatic hydroxyl groups is 1. The molecule has 7 heteroatoms. The SMILES string of the molecule is Cc1ccc(-c2ccnc(NC3=CC(C)(OC#N)C(OC#N)C=C3)c2O)cc1. The van der Waals surface area contributed by atoms with Gasteiger partial charge < -0.3 is 19.9 Å². The summed E-state index contributed by atoms with van der Waals surface area (Å²) in [6, 6.07) is 9.52. The number of ether oxygens (including phenoxy) is 2. The summed E-state index contributed by atoms with van der Waals surface area (Å²) in [6.45, 7) is 3.62. The monoisotopic (exact) mass is 374 g/mol. The number of nitriles is 2. The maximum absolute atomic E-state index is 10.7. The number of aryl methyl sites for hydroxylation is 1.